The second-order valence-corrected chi connectivity index (χ2v) is 5.33. The van der Waals surface area contributed by atoms with Crippen molar-refractivity contribution >= 4 is 18.0 Å². The zero-order valence-electron chi connectivity index (χ0n) is 12.5. The maximum absolute atomic E-state index is 11.7. The van der Waals surface area contributed by atoms with E-state index in [4.69, 9.17) is 8.83 Å². The topological polar surface area (TPSA) is 71.0 Å². The Hall–Kier alpha value is -2.50. The Morgan fingerprint density at radius 1 is 1.18 bits per heavy atom. The summed E-state index contributed by atoms with van der Waals surface area (Å²) >= 11 is 0. The highest BCUT2D eigenvalue weighted by molar-refractivity contribution is 5.92. The van der Waals surface area contributed by atoms with Crippen molar-refractivity contribution in [3.63, 3.8) is 0 Å². The Morgan fingerprint density at radius 3 is 2.73 bits per heavy atom. The molecule has 116 valence electrons. The number of amides is 1. The molecule has 0 radical (unpaired) electrons. The van der Waals surface area contributed by atoms with Gasteiger partial charge in [-0.3, -0.25) is 4.79 Å². The molecule has 22 heavy (non-hydrogen) atoms. The third kappa shape index (κ3) is 3.39. The molecule has 0 saturated carbocycles. The number of anilines is 1. The fourth-order valence-corrected chi connectivity index (χ4v) is 2.46. The van der Waals surface area contributed by atoms with E-state index in [1.807, 2.05) is 12.1 Å². The number of carbonyl (C=O) groups is 1. The highest BCUT2D eigenvalue weighted by Crippen LogP contribution is 2.21. The highest BCUT2D eigenvalue weighted by Gasteiger charge is 2.14. The number of nitrogens with zero attached hydrogens (tertiary/aromatic N) is 2. The molecule has 0 atom stereocenters. The van der Waals surface area contributed by atoms with Crippen LogP contribution < -0.4 is 10.3 Å². The van der Waals surface area contributed by atoms with Crippen LogP contribution in [0.5, 0.6) is 0 Å². The van der Waals surface area contributed by atoms with Crippen LogP contribution in [0.2, 0.25) is 0 Å². The van der Waals surface area contributed by atoms with Crippen LogP contribution in [0.3, 0.4) is 0 Å². The molecule has 0 bridgehead atoms. The lowest BCUT2D eigenvalue weighted by molar-refractivity contribution is 0.0926. The van der Waals surface area contributed by atoms with E-state index in [-0.39, 0.29) is 11.7 Å². The van der Waals surface area contributed by atoms with Crippen LogP contribution in [0, 0.1) is 6.92 Å². The number of aryl methyl sites for hydroxylation is 1. The SMILES string of the molecule is Cc1ccc(C(=O)N/N=C\c2ccc(N3CCCCC3)o2)o1. The van der Waals surface area contributed by atoms with Crippen LogP contribution in [-0.4, -0.2) is 25.2 Å². The van der Waals surface area contributed by atoms with Gasteiger partial charge in [0, 0.05) is 19.2 Å². The van der Waals surface area contributed by atoms with Crippen molar-refractivity contribution in [3.8, 4) is 0 Å². The molecule has 6 nitrogen and oxygen atoms in total. The standard InChI is InChI=1S/C16H19N3O3/c1-12-5-7-14(21-12)16(20)18-17-11-13-6-8-15(22-13)19-9-3-2-4-10-19/h5-8,11H,2-4,9-10H2,1H3,(H,18,20)/b17-11-. The minimum atomic E-state index is -0.382. The first-order chi connectivity index (χ1) is 10.7. The average molecular weight is 301 g/mol. The lowest BCUT2D eigenvalue weighted by atomic mass is 10.1. The van der Waals surface area contributed by atoms with Gasteiger partial charge in [0.25, 0.3) is 0 Å². The van der Waals surface area contributed by atoms with Gasteiger partial charge in [0.05, 0.1) is 6.21 Å². The number of hydrogen-bond acceptors (Lipinski definition) is 5. The Bertz CT molecular complexity index is 666. The van der Waals surface area contributed by atoms with Crippen LogP contribution in [0.4, 0.5) is 5.88 Å². The molecule has 1 amide bonds. The third-order valence-electron chi connectivity index (χ3n) is 3.60. The van der Waals surface area contributed by atoms with Crippen molar-refractivity contribution in [2.24, 2.45) is 5.10 Å². The zero-order valence-corrected chi connectivity index (χ0v) is 12.5. The van der Waals surface area contributed by atoms with Gasteiger partial charge in [-0.2, -0.15) is 5.10 Å². The summed E-state index contributed by atoms with van der Waals surface area (Å²) in [6, 6.07) is 7.12. The second-order valence-electron chi connectivity index (χ2n) is 5.33. The fraction of sp³-hybridized carbons (Fsp3) is 0.375. The summed E-state index contributed by atoms with van der Waals surface area (Å²) in [5.41, 5.74) is 2.41. The van der Waals surface area contributed by atoms with Gasteiger partial charge in [0.2, 0.25) is 0 Å². The van der Waals surface area contributed by atoms with Crippen LogP contribution >= 0.6 is 0 Å². The largest absolute Gasteiger partial charge is 0.456 e. The molecular formula is C16H19N3O3. The molecule has 3 heterocycles. The summed E-state index contributed by atoms with van der Waals surface area (Å²) in [5.74, 6) is 2.01. The maximum atomic E-state index is 11.7. The molecule has 1 N–H and O–H groups in total. The summed E-state index contributed by atoms with van der Waals surface area (Å²) < 4.78 is 10.9. The third-order valence-corrected chi connectivity index (χ3v) is 3.60. The van der Waals surface area contributed by atoms with Gasteiger partial charge in [-0.25, -0.2) is 5.43 Å². The molecule has 0 aromatic carbocycles. The Labute approximate surface area is 128 Å². The van der Waals surface area contributed by atoms with Gasteiger partial charge in [-0.05, 0) is 44.4 Å². The summed E-state index contributed by atoms with van der Waals surface area (Å²) in [4.78, 5) is 14.0. The van der Waals surface area contributed by atoms with E-state index in [0.717, 1.165) is 19.0 Å². The van der Waals surface area contributed by atoms with Crippen molar-refractivity contribution in [1.29, 1.82) is 0 Å². The monoisotopic (exact) mass is 301 g/mol. The van der Waals surface area contributed by atoms with Crippen LogP contribution in [0.1, 0.15) is 41.3 Å². The molecular weight excluding hydrogens is 282 g/mol. The maximum Gasteiger partial charge on any atom is 0.307 e. The van der Waals surface area contributed by atoms with Gasteiger partial charge in [0.15, 0.2) is 11.6 Å². The first-order valence-electron chi connectivity index (χ1n) is 7.47. The highest BCUT2D eigenvalue weighted by atomic mass is 16.4. The van der Waals surface area contributed by atoms with Crippen molar-refractivity contribution < 1.29 is 13.6 Å². The molecule has 6 heteroatoms. The number of hydrogen-bond donors (Lipinski definition) is 1. The summed E-state index contributed by atoms with van der Waals surface area (Å²) in [5, 5.41) is 3.89. The second kappa shape index (κ2) is 6.51. The number of hydrazone groups is 1. The Balaban J connectivity index is 1.56. The van der Waals surface area contributed by atoms with Gasteiger partial charge in [-0.1, -0.05) is 0 Å². The summed E-state index contributed by atoms with van der Waals surface area (Å²) in [6.45, 7) is 3.84. The quantitative estimate of drug-likeness (QED) is 0.696. The zero-order chi connectivity index (χ0) is 15.4. The smallest absolute Gasteiger partial charge is 0.307 e. The molecule has 1 saturated heterocycles. The van der Waals surface area contributed by atoms with Crippen LogP contribution in [-0.2, 0) is 0 Å². The van der Waals surface area contributed by atoms with Crippen molar-refractivity contribution in [2.45, 2.75) is 26.2 Å². The first-order valence-corrected chi connectivity index (χ1v) is 7.47. The van der Waals surface area contributed by atoms with E-state index < -0.39 is 0 Å². The van der Waals surface area contributed by atoms with Crippen LogP contribution in [0.15, 0.2) is 38.2 Å². The minimum absolute atomic E-state index is 0.239. The number of furan rings is 2. The Morgan fingerprint density at radius 2 is 2.00 bits per heavy atom. The minimum Gasteiger partial charge on any atom is -0.456 e. The molecule has 2 aromatic rings. The molecule has 0 unspecified atom stereocenters. The van der Waals surface area contributed by atoms with Gasteiger partial charge in [-0.15, -0.1) is 0 Å². The Kier molecular flexibility index (Phi) is 4.27. The number of carbonyl (C=O) groups excluding carboxylic acids is 1. The van der Waals surface area contributed by atoms with Crippen molar-refractivity contribution in [2.75, 3.05) is 18.0 Å². The summed E-state index contributed by atoms with van der Waals surface area (Å²) in [6.07, 6.45) is 5.16. The van der Waals surface area contributed by atoms with E-state index in [1.165, 1.54) is 25.5 Å². The van der Waals surface area contributed by atoms with Gasteiger partial charge in [0.1, 0.15) is 11.5 Å². The van der Waals surface area contributed by atoms with Gasteiger partial charge < -0.3 is 13.7 Å². The number of rotatable bonds is 4. The lowest BCUT2D eigenvalue weighted by Crippen LogP contribution is -2.28. The van der Waals surface area contributed by atoms with Crippen LogP contribution in [0.25, 0.3) is 0 Å². The molecule has 0 spiro atoms. The van der Waals surface area contributed by atoms with Crippen molar-refractivity contribution in [1.82, 2.24) is 5.43 Å². The van der Waals surface area contributed by atoms with E-state index >= 15 is 0 Å². The van der Waals surface area contributed by atoms with E-state index in [1.54, 1.807) is 19.1 Å². The first kappa shape index (κ1) is 14.4. The van der Waals surface area contributed by atoms with Gasteiger partial charge >= 0.3 is 5.91 Å². The predicted molar refractivity (Wildman–Crippen MR) is 83.3 cm³/mol. The van der Waals surface area contributed by atoms with Crippen molar-refractivity contribution in [3.05, 3.63) is 41.5 Å². The predicted octanol–water partition coefficient (Wildman–Crippen LogP) is 2.94. The lowest BCUT2D eigenvalue weighted by Gasteiger charge is -2.25. The molecule has 3 rings (SSSR count). The molecule has 1 aliphatic heterocycles. The number of piperidine rings is 1. The van der Waals surface area contributed by atoms with E-state index in [9.17, 15) is 4.79 Å². The fourth-order valence-electron chi connectivity index (χ4n) is 2.46. The molecule has 2 aromatic heterocycles. The number of nitrogens with one attached hydrogen (secondary N) is 1. The molecule has 1 fully saturated rings. The van der Waals surface area contributed by atoms with E-state index in [2.05, 4.69) is 15.4 Å². The van der Waals surface area contributed by atoms with E-state index in [0.29, 0.717) is 11.5 Å². The molecule has 0 aliphatic carbocycles. The molecule has 1 aliphatic rings. The average Bonchev–Trinajstić information content (AvgIpc) is 3.17. The summed E-state index contributed by atoms with van der Waals surface area (Å²) in [7, 11) is 0. The normalized spacial score (nSPS) is 15.4.